The van der Waals surface area contributed by atoms with E-state index in [1.54, 1.807) is 58.8 Å². The normalized spacial score (nSPS) is 24.5. The molecule has 4 aliphatic carbocycles. The van der Waals surface area contributed by atoms with Crippen LogP contribution in [0.2, 0.25) is 25.1 Å². The fourth-order valence-corrected chi connectivity index (χ4v) is 26.1. The monoisotopic (exact) mass is 2150 g/mol. The van der Waals surface area contributed by atoms with Crippen LogP contribution in [0.4, 0.5) is 21.5 Å². The van der Waals surface area contributed by atoms with E-state index in [1.807, 2.05) is 63.7 Å². The summed E-state index contributed by atoms with van der Waals surface area (Å²) >= 11 is 36.3. The Hall–Kier alpha value is -9.02. The summed E-state index contributed by atoms with van der Waals surface area (Å²) in [5, 5.41) is 43.9. The van der Waals surface area contributed by atoms with Crippen LogP contribution in [-0.4, -0.2) is 301 Å². The number of hydrogen-bond acceptors (Lipinski definition) is 22. The minimum absolute atomic E-state index is 0.00323. The maximum Gasteiger partial charge on any atom is 0.306 e. The number of carboxylic acid groups (broad SMARTS) is 3. The van der Waals surface area contributed by atoms with E-state index in [2.05, 4.69) is 35.6 Å². The van der Waals surface area contributed by atoms with E-state index in [-0.39, 0.29) is 142 Å². The van der Waals surface area contributed by atoms with Crippen molar-refractivity contribution in [2.75, 3.05) is 140 Å². The van der Waals surface area contributed by atoms with Crippen LogP contribution in [-0.2, 0) is 77.0 Å². The highest BCUT2D eigenvalue weighted by molar-refractivity contribution is 7.88. The van der Waals surface area contributed by atoms with Crippen LogP contribution in [0.1, 0.15) is 176 Å². The van der Waals surface area contributed by atoms with Gasteiger partial charge in [0.25, 0.3) is 17.7 Å². The Morgan fingerprint density at radius 1 is 0.414 bits per heavy atom. The molecule has 778 valence electrons. The SMILES string of the molecule is CS(=O)(=O)N1CCCN([C@H]2C[C@@H](COC3CCC(C(=O)O)CC3)N(C(=O)Cc3cc(Cl)c(NC(=O)c4csc5ccccc45)cc3Cl)C2)CC1.O=C(Nc1cc(Cl)c(CC(=O)N2C[C@@H](N3CCCN(C4CC4)CC3)C[C@H]2COC2CCC(C(=O)O)CC2)cc1Cl)c1csc2ccccc12.O=C(Nc1cc(F)c(CC(=O)N2C[C@@H](N3CCCOCC3)C[C@H]2COC2CCC(C(=O)O)CC2)cc1Cl)c1coc2ccccc12. The number of ether oxygens (including phenoxy) is 4. The van der Waals surface area contributed by atoms with E-state index < -0.39 is 39.7 Å². The lowest BCUT2D eigenvalue weighted by molar-refractivity contribution is -0.145. The number of anilines is 3. The van der Waals surface area contributed by atoms with Crippen LogP contribution < -0.4 is 16.0 Å². The van der Waals surface area contributed by atoms with Crippen LogP contribution in [0.25, 0.3) is 31.1 Å². The summed E-state index contributed by atoms with van der Waals surface area (Å²) in [4.78, 5) is 131. The summed E-state index contributed by atoms with van der Waals surface area (Å²) in [7, 11) is -3.29. The zero-order valence-electron chi connectivity index (χ0n) is 81.1. The van der Waals surface area contributed by atoms with Gasteiger partial charge in [-0.2, -0.15) is 0 Å². The predicted molar refractivity (Wildman–Crippen MR) is 559 cm³/mol. The Morgan fingerprint density at radius 3 is 1.22 bits per heavy atom. The van der Waals surface area contributed by atoms with Crippen LogP contribution in [0, 0.1) is 23.6 Å². The summed E-state index contributed by atoms with van der Waals surface area (Å²) in [5.74, 6) is -5.32. The molecule has 6 aromatic carbocycles. The molecule has 6 atom stereocenters. The summed E-state index contributed by atoms with van der Waals surface area (Å²) in [5.41, 5.74) is 4.10. The Morgan fingerprint density at radius 2 is 0.786 bits per heavy atom. The van der Waals surface area contributed by atoms with Crippen molar-refractivity contribution >= 4 is 192 Å². The third-order valence-electron chi connectivity index (χ3n) is 30.5. The molecule has 9 heterocycles. The van der Waals surface area contributed by atoms with Gasteiger partial charge in [-0.3, -0.25) is 62.8 Å². The Kier molecular flexibility index (Phi) is 36.4. The van der Waals surface area contributed by atoms with Crippen LogP contribution in [0.3, 0.4) is 0 Å². The Labute approximate surface area is 876 Å². The number of benzene rings is 6. The molecule has 6 saturated heterocycles. The lowest BCUT2D eigenvalue weighted by Gasteiger charge is -2.30. The Balaban J connectivity index is 0.000000149. The summed E-state index contributed by atoms with van der Waals surface area (Å²) in [6.45, 7) is 12.1. The molecule has 6 N–H and O–H groups in total. The molecule has 6 aliphatic heterocycles. The minimum Gasteiger partial charge on any atom is -0.481 e. The molecular formula is C106H125Cl5FN11O19S3. The van der Waals surface area contributed by atoms with Gasteiger partial charge in [-0.05, 0) is 219 Å². The number of para-hydroxylation sites is 1. The highest BCUT2D eigenvalue weighted by atomic mass is 35.5. The van der Waals surface area contributed by atoms with Crippen molar-refractivity contribution in [2.24, 2.45) is 17.8 Å². The predicted octanol–water partition coefficient (Wildman–Crippen LogP) is 17.8. The number of furan rings is 1. The molecule has 30 nitrogen and oxygen atoms in total. The lowest BCUT2D eigenvalue weighted by atomic mass is 9.87. The number of carbonyl (C=O) groups is 9. The topological polar surface area (TPSA) is 361 Å². The van der Waals surface area contributed by atoms with E-state index >= 15 is 4.39 Å². The number of halogens is 6. The largest absolute Gasteiger partial charge is 0.481 e. The summed E-state index contributed by atoms with van der Waals surface area (Å²) in [6.07, 6.45) is 17.7. The second kappa shape index (κ2) is 49.2. The van der Waals surface area contributed by atoms with Gasteiger partial charge in [0.15, 0.2) is 0 Å². The molecule has 6 amide bonds. The van der Waals surface area contributed by atoms with Crippen LogP contribution in [0.5, 0.6) is 0 Å². The van der Waals surface area contributed by atoms with Gasteiger partial charge in [-0.1, -0.05) is 113 Å². The molecule has 145 heavy (non-hydrogen) atoms. The number of hydrogen-bond donors (Lipinski definition) is 6. The summed E-state index contributed by atoms with van der Waals surface area (Å²) < 4.78 is 73.5. The fourth-order valence-electron chi connectivity index (χ4n) is 22.2. The minimum atomic E-state index is -3.29. The van der Waals surface area contributed by atoms with Gasteiger partial charge in [0, 0.05) is 143 Å². The van der Waals surface area contributed by atoms with Crippen molar-refractivity contribution in [2.45, 2.75) is 208 Å². The van der Waals surface area contributed by atoms with E-state index in [0.717, 1.165) is 117 Å². The smallest absolute Gasteiger partial charge is 0.306 e. The molecule has 39 heteroatoms. The summed E-state index contributed by atoms with van der Waals surface area (Å²) in [6, 6.07) is 32.2. The molecule has 0 radical (unpaired) electrons. The number of rotatable bonds is 29. The number of carbonyl (C=O) groups excluding carboxylic acids is 6. The maximum absolute atomic E-state index is 15.4. The molecule has 0 bridgehead atoms. The molecule has 19 rings (SSSR count). The first-order valence-electron chi connectivity index (χ1n) is 50.5. The van der Waals surface area contributed by atoms with Crippen molar-refractivity contribution in [3.05, 3.63) is 191 Å². The molecule has 0 spiro atoms. The molecule has 9 aromatic rings. The zero-order chi connectivity index (χ0) is 102. The van der Waals surface area contributed by atoms with Crippen molar-refractivity contribution in [3.63, 3.8) is 0 Å². The first-order chi connectivity index (χ1) is 69.9. The number of carboxylic acids is 3. The van der Waals surface area contributed by atoms with Crippen molar-refractivity contribution in [3.8, 4) is 0 Å². The first-order valence-corrected chi connectivity index (χ1v) is 56.0. The van der Waals surface area contributed by atoms with E-state index in [4.69, 9.17) is 81.4 Å². The van der Waals surface area contributed by atoms with Crippen molar-refractivity contribution in [1.29, 1.82) is 0 Å². The molecular weight excluding hydrogens is 2020 g/mol. The van der Waals surface area contributed by atoms with Gasteiger partial charge in [0.1, 0.15) is 17.7 Å². The van der Waals surface area contributed by atoms with Gasteiger partial charge < -0.3 is 69.3 Å². The zero-order valence-corrected chi connectivity index (χ0v) is 87.3. The van der Waals surface area contributed by atoms with E-state index in [1.165, 1.54) is 58.4 Å². The van der Waals surface area contributed by atoms with Gasteiger partial charge in [0.05, 0.1) is 155 Å². The van der Waals surface area contributed by atoms with Gasteiger partial charge in [0.2, 0.25) is 27.7 Å². The van der Waals surface area contributed by atoms with E-state index in [0.29, 0.717) is 215 Å². The number of aliphatic carboxylic acids is 3. The second-order valence-electron chi connectivity index (χ2n) is 40.0. The van der Waals surface area contributed by atoms with Crippen LogP contribution >= 0.6 is 80.7 Å². The highest BCUT2D eigenvalue weighted by Gasteiger charge is 2.45. The van der Waals surface area contributed by atoms with Gasteiger partial charge in [-0.25, -0.2) is 17.1 Å². The Bertz CT molecular complexity index is 6280. The average molecular weight is 2150 g/mol. The third-order valence-corrected chi connectivity index (χ3v) is 35.4. The van der Waals surface area contributed by atoms with Crippen molar-refractivity contribution in [1.82, 2.24) is 38.6 Å². The fraction of sp³-hybridized carbons (Fsp3) is 0.519. The van der Waals surface area contributed by atoms with Crippen molar-refractivity contribution < 1.29 is 94.6 Å². The number of nitrogens with one attached hydrogen (secondary N) is 3. The quantitative estimate of drug-likeness (QED) is 0.0254. The van der Waals surface area contributed by atoms with E-state index in [9.17, 15) is 66.9 Å². The van der Waals surface area contributed by atoms with Gasteiger partial charge >= 0.3 is 17.9 Å². The first kappa shape index (κ1) is 107. The second-order valence-corrected chi connectivity index (χ2v) is 45.9. The molecule has 0 unspecified atom stereocenters. The number of amides is 6. The maximum atomic E-state index is 15.4. The number of likely N-dealkylation sites (tertiary alicyclic amines) is 3. The number of fused-ring (bicyclic) bond motifs is 3. The molecule has 10 fully saturated rings. The average Bonchev–Trinajstić information content (AvgIpc) is 1.70. The molecule has 3 aromatic heterocycles. The highest BCUT2D eigenvalue weighted by Crippen LogP contribution is 2.41. The number of sulfonamides is 1. The molecule has 10 aliphatic rings. The number of thiophene rings is 2. The number of nitrogens with zero attached hydrogens (tertiary/aromatic N) is 8. The van der Waals surface area contributed by atoms with Gasteiger partial charge in [-0.15, -0.1) is 22.7 Å². The standard InChI is InChI=1S/C37H44Cl2N4O5S.C35H42Cl2N4O7S2.C34H39ClFN3O7/c38-31-19-33(40-36(45)30-22-49-34-5-2-1-4-29(30)34)32(39)16-24(31)17-35(44)43-20-26(42-13-3-12-41(14-15-42)25-8-9-25)18-27(43)21-48-28-10-6-23(7-11-28)37(46)47;1-50(46,47)40-12-4-11-39(13-14-40)24-17-25(20-48-26-9-7-22(8-10-26)35(44)45)41(19-24)33(42)16-23-15-30(37)31(18-29(23)36)38-34(43)28-21-49-32-6-3-2-5-27(28)32;35-28-14-22(29(36)17-30(28)37-33(41)27-20-46-31-5-2-1-4-26(27)31)15-32(40)39-18-23(38-10-3-12-44-13-11-38)16-24(39)19-45-25-8-6-21(7-9-25)34(42)43/h1-2,4-5,16,19,22-23,25-28H,3,6-15,17-18,20-21H2,(H,40,45)(H,46,47);2-3,5-6,15,18,21-22,24-26H,4,7-14,16-17,19-20H2,1H3,(H,38,43)(H,44,45);1-2,4-5,14,17,20-21,23-25H,3,6-13,15-16,18-19H2,(H,37,41)(H,42,43)/t23?,26-,27-,28?;22?,24-,25-,26?;21?,23-,24-,25?/m000/s1. The molecule has 4 saturated carbocycles. The third kappa shape index (κ3) is 27.2. The van der Waals surface area contributed by atoms with Crippen LogP contribution in [0.15, 0.2) is 131 Å². The lowest BCUT2D eigenvalue weighted by Crippen LogP contribution is -2.42.